The van der Waals surface area contributed by atoms with Crippen LogP contribution in [-0.4, -0.2) is 4.98 Å². The van der Waals surface area contributed by atoms with Crippen LogP contribution in [0.3, 0.4) is 0 Å². The molecule has 10 aromatic rings. The largest absolute Gasteiger partial charge is 0.435 e. The van der Waals surface area contributed by atoms with Crippen LogP contribution in [0.4, 0.5) is 17.1 Å². The SMILES string of the molecule is c1ccc(-c2ccc(N(c3ccc(-c4ccc(-c5cccc6ccc7nc(-c8ccccc8)oc7c56)cc4)cc3)c3ccccc3-c3ccccc3)cc2)cc1. The number of nitrogens with zero attached hydrogens (tertiary/aromatic N) is 2. The van der Waals surface area contributed by atoms with Crippen LogP contribution in [0, 0.1) is 0 Å². The van der Waals surface area contributed by atoms with Gasteiger partial charge in [0.05, 0.1) is 5.69 Å². The predicted octanol–water partition coefficient (Wildman–Crippen LogP) is 14.8. The number of rotatable bonds is 8. The van der Waals surface area contributed by atoms with Gasteiger partial charge in [-0.3, -0.25) is 0 Å². The average Bonchev–Trinajstić information content (AvgIpc) is 3.73. The van der Waals surface area contributed by atoms with Crippen molar-refractivity contribution in [3.8, 4) is 56.0 Å². The number of hydrogen-bond donors (Lipinski definition) is 0. The Balaban J connectivity index is 1.00. The molecule has 10 rings (SSSR count). The zero-order valence-corrected chi connectivity index (χ0v) is 30.6. The van der Waals surface area contributed by atoms with Crippen LogP contribution in [0.2, 0.25) is 0 Å². The van der Waals surface area contributed by atoms with E-state index in [0.717, 1.165) is 66.8 Å². The summed E-state index contributed by atoms with van der Waals surface area (Å²) in [6.07, 6.45) is 0. The van der Waals surface area contributed by atoms with Gasteiger partial charge in [0, 0.05) is 27.9 Å². The van der Waals surface area contributed by atoms with Gasteiger partial charge in [0.2, 0.25) is 5.89 Å². The van der Waals surface area contributed by atoms with E-state index in [9.17, 15) is 0 Å². The van der Waals surface area contributed by atoms with Gasteiger partial charge in [-0.15, -0.1) is 0 Å². The number of fused-ring (bicyclic) bond motifs is 3. The van der Waals surface area contributed by atoms with Gasteiger partial charge in [-0.1, -0.05) is 170 Å². The van der Waals surface area contributed by atoms with Crippen LogP contribution < -0.4 is 4.90 Å². The Hall–Kier alpha value is -7.49. The van der Waals surface area contributed by atoms with Crippen molar-refractivity contribution in [3.05, 3.63) is 218 Å². The lowest BCUT2D eigenvalue weighted by Crippen LogP contribution is -2.11. The molecule has 1 aromatic heterocycles. The molecule has 56 heavy (non-hydrogen) atoms. The highest BCUT2D eigenvalue weighted by Crippen LogP contribution is 2.42. The fourth-order valence-electron chi connectivity index (χ4n) is 7.74. The molecule has 9 aromatic carbocycles. The molecule has 0 aliphatic heterocycles. The third-order valence-corrected chi connectivity index (χ3v) is 10.5. The fraction of sp³-hybridized carbons (Fsp3) is 0. The van der Waals surface area contributed by atoms with Crippen molar-refractivity contribution in [3.63, 3.8) is 0 Å². The summed E-state index contributed by atoms with van der Waals surface area (Å²) in [6, 6.07) is 77.1. The minimum atomic E-state index is 0.632. The number of aromatic nitrogens is 1. The Morgan fingerprint density at radius 2 is 0.804 bits per heavy atom. The molecule has 264 valence electrons. The van der Waals surface area contributed by atoms with E-state index in [-0.39, 0.29) is 0 Å². The zero-order chi connectivity index (χ0) is 37.3. The minimum Gasteiger partial charge on any atom is -0.435 e. The second kappa shape index (κ2) is 14.4. The van der Waals surface area contributed by atoms with Gasteiger partial charge in [-0.2, -0.15) is 0 Å². The van der Waals surface area contributed by atoms with E-state index in [1.807, 2.05) is 36.4 Å². The van der Waals surface area contributed by atoms with Crippen LogP contribution in [-0.2, 0) is 0 Å². The number of benzene rings is 9. The van der Waals surface area contributed by atoms with E-state index in [2.05, 4.69) is 187 Å². The summed E-state index contributed by atoms with van der Waals surface area (Å²) in [5, 5.41) is 2.20. The summed E-state index contributed by atoms with van der Waals surface area (Å²) >= 11 is 0. The summed E-state index contributed by atoms with van der Waals surface area (Å²) in [5.74, 6) is 0.632. The van der Waals surface area contributed by atoms with E-state index in [1.54, 1.807) is 0 Å². The average molecular weight is 717 g/mol. The Bertz CT molecular complexity index is 2920. The topological polar surface area (TPSA) is 29.3 Å². The molecule has 0 N–H and O–H groups in total. The summed E-state index contributed by atoms with van der Waals surface area (Å²) < 4.78 is 6.46. The Morgan fingerprint density at radius 1 is 0.339 bits per heavy atom. The van der Waals surface area contributed by atoms with Crippen LogP contribution in [0.15, 0.2) is 223 Å². The summed E-state index contributed by atoms with van der Waals surface area (Å²) in [7, 11) is 0. The van der Waals surface area contributed by atoms with Crippen LogP contribution in [0.1, 0.15) is 0 Å². The monoisotopic (exact) mass is 716 g/mol. The first-order valence-corrected chi connectivity index (χ1v) is 19.0. The first-order chi connectivity index (χ1) is 27.8. The molecule has 0 saturated heterocycles. The standard InChI is InChI=1S/C53H36N2O/c1-4-13-37(14-5-1)39-27-32-45(33-28-39)55(50-22-11-10-20-47(50)41-15-6-2-7-16-41)46-34-29-40(30-35-46)38-23-25-42(26-24-38)48-21-12-19-43-31-36-49-52(51(43)48)56-53(54-49)44-17-8-3-9-18-44/h1-36H. The molecular weight excluding hydrogens is 681 g/mol. The Morgan fingerprint density at radius 3 is 1.43 bits per heavy atom. The zero-order valence-electron chi connectivity index (χ0n) is 30.6. The van der Waals surface area contributed by atoms with Crippen LogP contribution >= 0.6 is 0 Å². The van der Waals surface area contributed by atoms with Crippen LogP contribution in [0.25, 0.3) is 77.8 Å². The van der Waals surface area contributed by atoms with Gasteiger partial charge in [0.15, 0.2) is 5.58 Å². The quantitative estimate of drug-likeness (QED) is 0.157. The Kier molecular flexibility index (Phi) is 8.51. The van der Waals surface area contributed by atoms with E-state index in [1.165, 1.54) is 22.3 Å². The summed E-state index contributed by atoms with van der Waals surface area (Å²) in [4.78, 5) is 7.21. The van der Waals surface area contributed by atoms with Crippen molar-refractivity contribution in [2.45, 2.75) is 0 Å². The highest BCUT2D eigenvalue weighted by Gasteiger charge is 2.18. The van der Waals surface area contributed by atoms with Crippen molar-refractivity contribution in [1.29, 1.82) is 0 Å². The van der Waals surface area contributed by atoms with Gasteiger partial charge in [-0.25, -0.2) is 4.98 Å². The molecule has 0 fully saturated rings. The molecule has 0 atom stereocenters. The van der Waals surface area contributed by atoms with Crippen molar-refractivity contribution in [2.24, 2.45) is 0 Å². The fourth-order valence-corrected chi connectivity index (χ4v) is 7.74. The maximum absolute atomic E-state index is 6.46. The van der Waals surface area contributed by atoms with Gasteiger partial charge in [-0.05, 0) is 92.9 Å². The van der Waals surface area contributed by atoms with E-state index >= 15 is 0 Å². The Labute approximate surface area is 326 Å². The molecule has 0 aliphatic rings. The smallest absolute Gasteiger partial charge is 0.227 e. The lowest BCUT2D eigenvalue weighted by molar-refractivity contribution is 0.623. The first-order valence-electron chi connectivity index (χ1n) is 19.0. The van der Waals surface area contributed by atoms with E-state index < -0.39 is 0 Å². The van der Waals surface area contributed by atoms with Crippen LogP contribution in [0.5, 0.6) is 0 Å². The highest BCUT2D eigenvalue weighted by atomic mass is 16.3. The van der Waals surface area contributed by atoms with Crippen molar-refractivity contribution in [2.75, 3.05) is 4.90 Å². The number of oxazole rings is 1. The number of anilines is 3. The normalized spacial score (nSPS) is 11.2. The molecule has 0 bridgehead atoms. The molecule has 0 unspecified atom stereocenters. The second-order valence-corrected chi connectivity index (χ2v) is 14.0. The molecule has 0 radical (unpaired) electrons. The first kappa shape index (κ1) is 33.1. The molecule has 0 saturated carbocycles. The molecule has 0 amide bonds. The maximum atomic E-state index is 6.46. The molecule has 0 spiro atoms. The third kappa shape index (κ3) is 6.21. The summed E-state index contributed by atoms with van der Waals surface area (Å²) in [5.41, 5.74) is 15.2. The molecule has 3 nitrogen and oxygen atoms in total. The third-order valence-electron chi connectivity index (χ3n) is 10.5. The molecule has 3 heteroatoms. The number of hydrogen-bond acceptors (Lipinski definition) is 3. The summed E-state index contributed by atoms with van der Waals surface area (Å²) in [6.45, 7) is 0. The number of para-hydroxylation sites is 1. The molecular formula is C53H36N2O. The van der Waals surface area contributed by atoms with Gasteiger partial charge in [0.25, 0.3) is 0 Å². The lowest BCUT2D eigenvalue weighted by atomic mass is 9.95. The predicted molar refractivity (Wildman–Crippen MR) is 233 cm³/mol. The molecule has 0 aliphatic carbocycles. The molecule has 1 heterocycles. The van der Waals surface area contributed by atoms with Gasteiger partial charge in [0.1, 0.15) is 5.52 Å². The highest BCUT2D eigenvalue weighted by molar-refractivity contribution is 6.11. The van der Waals surface area contributed by atoms with E-state index in [0.29, 0.717) is 5.89 Å². The van der Waals surface area contributed by atoms with Crippen molar-refractivity contribution < 1.29 is 4.42 Å². The van der Waals surface area contributed by atoms with Crippen molar-refractivity contribution in [1.82, 2.24) is 4.98 Å². The second-order valence-electron chi connectivity index (χ2n) is 14.0. The van der Waals surface area contributed by atoms with Crippen molar-refractivity contribution >= 4 is 38.9 Å². The van der Waals surface area contributed by atoms with Gasteiger partial charge < -0.3 is 9.32 Å². The van der Waals surface area contributed by atoms with E-state index in [4.69, 9.17) is 9.40 Å². The van der Waals surface area contributed by atoms with Gasteiger partial charge >= 0.3 is 0 Å². The lowest BCUT2D eigenvalue weighted by Gasteiger charge is -2.28. The minimum absolute atomic E-state index is 0.632. The maximum Gasteiger partial charge on any atom is 0.227 e.